The van der Waals surface area contributed by atoms with Crippen LogP contribution in [-0.4, -0.2) is 14.5 Å². The Morgan fingerprint density at radius 1 is 0.438 bits per heavy atom. The van der Waals surface area contributed by atoms with Crippen LogP contribution in [0.2, 0.25) is 0 Å². The third-order valence-electron chi connectivity index (χ3n) is 9.40. The van der Waals surface area contributed by atoms with Crippen molar-refractivity contribution in [3.8, 4) is 39.6 Å². The van der Waals surface area contributed by atoms with Gasteiger partial charge in [-0.05, 0) is 42.5 Å². The molecule has 0 radical (unpaired) electrons. The number of aromatic nitrogens is 3. The lowest BCUT2D eigenvalue weighted by atomic mass is 9.99. The van der Waals surface area contributed by atoms with E-state index in [2.05, 4.69) is 126 Å². The molecule has 0 aliphatic rings. The van der Waals surface area contributed by atoms with Crippen molar-refractivity contribution in [2.24, 2.45) is 0 Å². The van der Waals surface area contributed by atoms with Crippen LogP contribution < -0.4 is 0 Å². The zero-order chi connectivity index (χ0) is 31.6. The quantitative estimate of drug-likeness (QED) is 0.198. The maximum Gasteiger partial charge on any atom is 0.160 e. The van der Waals surface area contributed by atoms with E-state index in [9.17, 15) is 0 Å². The number of para-hydroxylation sites is 2. The first-order valence-corrected chi connectivity index (χ1v) is 16.2. The molecule has 0 fully saturated rings. The summed E-state index contributed by atoms with van der Waals surface area (Å²) in [4.78, 5) is 10.1. The average Bonchev–Trinajstić information content (AvgIpc) is 3.72. The lowest BCUT2D eigenvalue weighted by Gasteiger charge is -2.12. The standard InChI is InChI=1S/C44H27N3O/c1-3-13-28(14-4-1)36-27-37(29-15-5-2-6-16-29)46-44(45-36)30-23-25-31(26-24-30)47-38-21-11-9-19-34(38)40-41-35-20-10-12-22-39(35)48-43(41)33-18-8-7-17-32(33)42(40)47/h1-27H. The van der Waals surface area contributed by atoms with Gasteiger partial charge in [0.2, 0.25) is 0 Å². The monoisotopic (exact) mass is 613 g/mol. The predicted octanol–water partition coefficient (Wildman–Crippen LogP) is 11.6. The molecule has 48 heavy (non-hydrogen) atoms. The molecule has 0 spiro atoms. The molecule has 224 valence electrons. The van der Waals surface area contributed by atoms with Crippen molar-refractivity contribution in [3.05, 3.63) is 164 Å². The minimum atomic E-state index is 0.695. The first-order chi connectivity index (χ1) is 23.8. The lowest BCUT2D eigenvalue weighted by Crippen LogP contribution is -1.97. The van der Waals surface area contributed by atoms with Crippen LogP contribution in [-0.2, 0) is 0 Å². The normalized spacial score (nSPS) is 11.8. The molecular weight excluding hydrogens is 587 g/mol. The number of benzene rings is 7. The van der Waals surface area contributed by atoms with Gasteiger partial charge in [-0.15, -0.1) is 0 Å². The first kappa shape index (κ1) is 26.7. The molecule has 0 bridgehead atoms. The third-order valence-corrected chi connectivity index (χ3v) is 9.40. The highest BCUT2D eigenvalue weighted by Crippen LogP contribution is 2.45. The second kappa shape index (κ2) is 10.5. The molecule has 4 nitrogen and oxygen atoms in total. The number of furan rings is 1. The van der Waals surface area contributed by atoms with Gasteiger partial charge in [0.25, 0.3) is 0 Å². The van der Waals surface area contributed by atoms with Crippen LogP contribution in [0.15, 0.2) is 168 Å². The van der Waals surface area contributed by atoms with E-state index < -0.39 is 0 Å². The van der Waals surface area contributed by atoms with E-state index >= 15 is 0 Å². The summed E-state index contributed by atoms with van der Waals surface area (Å²) in [5, 5.41) is 6.96. The second-order valence-corrected chi connectivity index (χ2v) is 12.2. The molecule has 0 unspecified atom stereocenters. The van der Waals surface area contributed by atoms with Gasteiger partial charge in [0.05, 0.1) is 22.4 Å². The summed E-state index contributed by atoms with van der Waals surface area (Å²) in [6.45, 7) is 0. The van der Waals surface area contributed by atoms with Gasteiger partial charge in [0.1, 0.15) is 11.2 Å². The molecule has 0 saturated carbocycles. The average molecular weight is 614 g/mol. The Hall–Kier alpha value is -6.52. The van der Waals surface area contributed by atoms with Crippen LogP contribution in [0.4, 0.5) is 0 Å². The van der Waals surface area contributed by atoms with Gasteiger partial charge in [-0.2, -0.15) is 0 Å². The Morgan fingerprint density at radius 2 is 1.00 bits per heavy atom. The van der Waals surface area contributed by atoms with Gasteiger partial charge >= 0.3 is 0 Å². The fourth-order valence-electron chi connectivity index (χ4n) is 7.24. The van der Waals surface area contributed by atoms with Crippen molar-refractivity contribution >= 4 is 54.5 Å². The van der Waals surface area contributed by atoms with Gasteiger partial charge in [-0.1, -0.05) is 121 Å². The Morgan fingerprint density at radius 3 is 1.69 bits per heavy atom. The molecule has 3 aromatic heterocycles. The fourth-order valence-corrected chi connectivity index (χ4v) is 7.24. The summed E-state index contributed by atoms with van der Waals surface area (Å²) in [6, 6.07) is 57.0. The van der Waals surface area contributed by atoms with Crippen LogP contribution in [0.5, 0.6) is 0 Å². The number of hydrogen-bond donors (Lipinski definition) is 0. The van der Waals surface area contributed by atoms with Gasteiger partial charge in [0.15, 0.2) is 5.82 Å². The summed E-state index contributed by atoms with van der Waals surface area (Å²) >= 11 is 0. The van der Waals surface area contributed by atoms with Crippen molar-refractivity contribution in [1.82, 2.24) is 14.5 Å². The van der Waals surface area contributed by atoms with E-state index in [1.807, 2.05) is 42.5 Å². The molecule has 10 aromatic rings. The van der Waals surface area contributed by atoms with E-state index in [0.29, 0.717) is 5.82 Å². The zero-order valence-corrected chi connectivity index (χ0v) is 25.8. The minimum absolute atomic E-state index is 0.695. The highest BCUT2D eigenvalue weighted by Gasteiger charge is 2.22. The summed E-state index contributed by atoms with van der Waals surface area (Å²) < 4.78 is 8.96. The van der Waals surface area contributed by atoms with E-state index in [0.717, 1.165) is 72.0 Å². The van der Waals surface area contributed by atoms with E-state index in [1.54, 1.807) is 0 Å². The maximum atomic E-state index is 6.56. The Balaban J connectivity index is 1.21. The van der Waals surface area contributed by atoms with Gasteiger partial charge in [0, 0.05) is 54.7 Å². The topological polar surface area (TPSA) is 43.9 Å². The molecule has 0 amide bonds. The molecule has 0 aliphatic carbocycles. The highest BCUT2D eigenvalue weighted by atomic mass is 16.3. The number of rotatable bonds is 4. The summed E-state index contributed by atoms with van der Waals surface area (Å²) in [6.07, 6.45) is 0. The zero-order valence-electron chi connectivity index (χ0n) is 25.8. The highest BCUT2D eigenvalue weighted by molar-refractivity contribution is 6.35. The van der Waals surface area contributed by atoms with Crippen molar-refractivity contribution in [2.75, 3.05) is 0 Å². The Kier molecular flexibility index (Phi) is 5.84. The second-order valence-electron chi connectivity index (χ2n) is 12.2. The van der Waals surface area contributed by atoms with Crippen molar-refractivity contribution in [1.29, 1.82) is 0 Å². The first-order valence-electron chi connectivity index (χ1n) is 16.2. The van der Waals surface area contributed by atoms with Crippen LogP contribution >= 0.6 is 0 Å². The van der Waals surface area contributed by atoms with Crippen molar-refractivity contribution in [3.63, 3.8) is 0 Å². The number of fused-ring (bicyclic) bond motifs is 10. The molecule has 0 aliphatic heterocycles. The van der Waals surface area contributed by atoms with Crippen molar-refractivity contribution < 1.29 is 4.42 Å². The Labute approximate surface area is 276 Å². The van der Waals surface area contributed by atoms with Crippen LogP contribution in [0.3, 0.4) is 0 Å². The molecular formula is C44H27N3O. The largest absolute Gasteiger partial charge is 0.455 e. The maximum absolute atomic E-state index is 6.56. The minimum Gasteiger partial charge on any atom is -0.455 e. The Bertz CT molecular complexity index is 2760. The van der Waals surface area contributed by atoms with Crippen LogP contribution in [0.1, 0.15) is 0 Å². The third kappa shape index (κ3) is 4.03. The molecule has 10 rings (SSSR count). The summed E-state index contributed by atoms with van der Waals surface area (Å²) in [7, 11) is 0. The molecule has 0 N–H and O–H groups in total. The number of nitrogens with zero attached hydrogens (tertiary/aromatic N) is 3. The van der Waals surface area contributed by atoms with Gasteiger partial charge < -0.3 is 8.98 Å². The smallest absolute Gasteiger partial charge is 0.160 e. The van der Waals surface area contributed by atoms with Crippen LogP contribution in [0, 0.1) is 0 Å². The predicted molar refractivity (Wildman–Crippen MR) is 197 cm³/mol. The molecule has 7 aromatic carbocycles. The molecule has 4 heteroatoms. The van der Waals surface area contributed by atoms with E-state index in [-0.39, 0.29) is 0 Å². The molecule has 0 atom stereocenters. The van der Waals surface area contributed by atoms with Gasteiger partial charge in [-0.3, -0.25) is 0 Å². The summed E-state index contributed by atoms with van der Waals surface area (Å²) in [5.41, 5.74) is 10.1. The molecule has 3 heterocycles. The summed E-state index contributed by atoms with van der Waals surface area (Å²) in [5.74, 6) is 0.695. The van der Waals surface area contributed by atoms with Gasteiger partial charge in [-0.25, -0.2) is 9.97 Å². The SMILES string of the molecule is c1ccc(-c2cc(-c3ccccc3)nc(-c3ccc(-n4c5ccccc5c5c6c7ccccc7oc6c6ccccc6c54)cc3)n2)cc1. The van der Waals surface area contributed by atoms with E-state index in [1.165, 1.54) is 16.3 Å². The lowest BCUT2D eigenvalue weighted by molar-refractivity contribution is 0.673. The van der Waals surface area contributed by atoms with Crippen molar-refractivity contribution in [2.45, 2.75) is 0 Å². The number of hydrogen-bond acceptors (Lipinski definition) is 3. The fraction of sp³-hybridized carbons (Fsp3) is 0. The van der Waals surface area contributed by atoms with E-state index in [4.69, 9.17) is 14.4 Å². The molecule has 0 saturated heterocycles. The van der Waals surface area contributed by atoms with Crippen LogP contribution in [0.25, 0.3) is 94.1 Å².